The van der Waals surface area contributed by atoms with Crippen molar-refractivity contribution in [2.24, 2.45) is 0 Å². The molecule has 0 aromatic heterocycles. The third-order valence-corrected chi connectivity index (χ3v) is 3.06. The number of hydrogen-bond acceptors (Lipinski definition) is 2. The molecule has 0 saturated carbocycles. The topological polar surface area (TPSA) is 38.3 Å². The number of halogens is 1. The molecule has 1 atom stereocenters. The summed E-state index contributed by atoms with van der Waals surface area (Å²) in [5, 5.41) is 2.83. The Morgan fingerprint density at radius 1 is 1.20 bits per heavy atom. The van der Waals surface area contributed by atoms with E-state index >= 15 is 0 Å². The molecule has 0 aliphatic heterocycles. The minimum atomic E-state index is -0.549. The molecule has 2 aromatic carbocycles. The Bertz CT molecular complexity index is 599. The molecule has 104 valence electrons. The van der Waals surface area contributed by atoms with Gasteiger partial charge in [0, 0.05) is 5.56 Å². The van der Waals surface area contributed by atoms with Crippen LogP contribution in [0.3, 0.4) is 0 Å². The average Bonchev–Trinajstić information content (AvgIpc) is 2.48. The fourth-order valence-electron chi connectivity index (χ4n) is 1.91. The monoisotopic (exact) mass is 273 g/mol. The number of ether oxygens (including phenoxy) is 1. The quantitative estimate of drug-likeness (QED) is 0.928. The Labute approximate surface area is 117 Å². The van der Waals surface area contributed by atoms with Gasteiger partial charge in [-0.1, -0.05) is 30.3 Å². The van der Waals surface area contributed by atoms with E-state index in [9.17, 15) is 9.18 Å². The van der Waals surface area contributed by atoms with E-state index in [2.05, 4.69) is 5.32 Å². The Morgan fingerprint density at radius 3 is 2.50 bits per heavy atom. The van der Waals surface area contributed by atoms with Crippen LogP contribution in [0.2, 0.25) is 0 Å². The lowest BCUT2D eigenvalue weighted by atomic mass is 10.1. The van der Waals surface area contributed by atoms with Crippen molar-refractivity contribution in [2.45, 2.75) is 13.0 Å². The molecule has 0 fully saturated rings. The standard InChI is InChI=1S/C16H16FNO2/c1-11(12-6-4-3-5-7-12)18-16(19)13-8-9-15(20-2)14(17)10-13/h3-11H,1-2H3,(H,18,19)/t11-/m0/s1. The van der Waals surface area contributed by atoms with Crippen LogP contribution in [-0.2, 0) is 0 Å². The smallest absolute Gasteiger partial charge is 0.251 e. The number of rotatable bonds is 4. The molecular formula is C16H16FNO2. The average molecular weight is 273 g/mol. The van der Waals surface area contributed by atoms with Gasteiger partial charge in [-0.3, -0.25) is 4.79 Å². The molecule has 0 heterocycles. The van der Waals surface area contributed by atoms with Gasteiger partial charge < -0.3 is 10.1 Å². The Balaban J connectivity index is 2.10. The van der Waals surface area contributed by atoms with Crippen LogP contribution < -0.4 is 10.1 Å². The van der Waals surface area contributed by atoms with Crippen LogP contribution in [0.1, 0.15) is 28.9 Å². The molecule has 2 aromatic rings. The number of hydrogen-bond donors (Lipinski definition) is 1. The van der Waals surface area contributed by atoms with Crippen molar-refractivity contribution in [1.29, 1.82) is 0 Å². The largest absolute Gasteiger partial charge is 0.494 e. The van der Waals surface area contributed by atoms with Gasteiger partial charge in [0.25, 0.3) is 5.91 Å². The van der Waals surface area contributed by atoms with Gasteiger partial charge in [-0.15, -0.1) is 0 Å². The van der Waals surface area contributed by atoms with Gasteiger partial charge in [-0.05, 0) is 30.7 Å². The van der Waals surface area contributed by atoms with Gasteiger partial charge in [0.15, 0.2) is 11.6 Å². The number of benzene rings is 2. The summed E-state index contributed by atoms with van der Waals surface area (Å²) in [6, 6.07) is 13.6. The minimum Gasteiger partial charge on any atom is -0.494 e. The van der Waals surface area contributed by atoms with Crippen molar-refractivity contribution in [3.8, 4) is 5.75 Å². The van der Waals surface area contributed by atoms with Crippen LogP contribution in [0.15, 0.2) is 48.5 Å². The highest BCUT2D eigenvalue weighted by atomic mass is 19.1. The van der Waals surface area contributed by atoms with Crippen LogP contribution in [0.4, 0.5) is 4.39 Å². The summed E-state index contributed by atoms with van der Waals surface area (Å²) in [6.07, 6.45) is 0. The highest BCUT2D eigenvalue weighted by Gasteiger charge is 2.13. The predicted molar refractivity (Wildman–Crippen MR) is 75.3 cm³/mol. The van der Waals surface area contributed by atoms with Crippen LogP contribution in [0, 0.1) is 5.82 Å². The number of nitrogens with one attached hydrogen (secondary N) is 1. The molecule has 0 bridgehead atoms. The van der Waals surface area contributed by atoms with Crippen LogP contribution in [0.25, 0.3) is 0 Å². The first kappa shape index (κ1) is 14.1. The summed E-state index contributed by atoms with van der Waals surface area (Å²) in [6.45, 7) is 1.88. The van der Waals surface area contributed by atoms with E-state index in [1.165, 1.54) is 25.3 Å². The van der Waals surface area contributed by atoms with Gasteiger partial charge in [-0.2, -0.15) is 0 Å². The number of methoxy groups -OCH3 is 1. The Hall–Kier alpha value is -2.36. The lowest BCUT2D eigenvalue weighted by Gasteiger charge is -2.14. The van der Waals surface area contributed by atoms with Crippen LogP contribution >= 0.6 is 0 Å². The lowest BCUT2D eigenvalue weighted by Crippen LogP contribution is -2.26. The zero-order chi connectivity index (χ0) is 14.5. The predicted octanol–water partition coefficient (Wildman–Crippen LogP) is 3.33. The molecule has 2 rings (SSSR count). The van der Waals surface area contributed by atoms with Gasteiger partial charge in [0.05, 0.1) is 13.2 Å². The Kier molecular flexibility index (Phi) is 4.35. The highest BCUT2D eigenvalue weighted by Crippen LogP contribution is 2.18. The molecule has 0 aliphatic carbocycles. The molecule has 1 N–H and O–H groups in total. The fraction of sp³-hybridized carbons (Fsp3) is 0.188. The van der Waals surface area contributed by atoms with Gasteiger partial charge in [0.1, 0.15) is 0 Å². The first-order chi connectivity index (χ1) is 9.61. The molecule has 4 heteroatoms. The van der Waals surface area contributed by atoms with Crippen molar-refractivity contribution in [1.82, 2.24) is 5.32 Å². The van der Waals surface area contributed by atoms with Crippen molar-refractivity contribution < 1.29 is 13.9 Å². The maximum Gasteiger partial charge on any atom is 0.251 e. The maximum atomic E-state index is 13.6. The molecule has 0 unspecified atom stereocenters. The summed E-state index contributed by atoms with van der Waals surface area (Å²) >= 11 is 0. The molecule has 0 radical (unpaired) electrons. The zero-order valence-electron chi connectivity index (χ0n) is 11.4. The zero-order valence-corrected chi connectivity index (χ0v) is 11.4. The summed E-state index contributed by atoms with van der Waals surface area (Å²) in [5.41, 5.74) is 1.26. The summed E-state index contributed by atoms with van der Waals surface area (Å²) in [5.74, 6) is -0.743. The highest BCUT2D eigenvalue weighted by molar-refractivity contribution is 5.94. The first-order valence-electron chi connectivity index (χ1n) is 6.31. The van der Waals surface area contributed by atoms with E-state index in [1.54, 1.807) is 0 Å². The van der Waals surface area contributed by atoms with Crippen LogP contribution in [0.5, 0.6) is 5.75 Å². The molecule has 20 heavy (non-hydrogen) atoms. The minimum absolute atomic E-state index is 0.123. The van der Waals surface area contributed by atoms with E-state index < -0.39 is 5.82 Å². The molecule has 0 saturated heterocycles. The molecular weight excluding hydrogens is 257 g/mol. The van der Waals surface area contributed by atoms with E-state index in [0.29, 0.717) is 0 Å². The SMILES string of the molecule is COc1ccc(C(=O)N[C@@H](C)c2ccccc2)cc1F. The van der Waals surface area contributed by atoms with Gasteiger partial charge in [0.2, 0.25) is 0 Å². The van der Waals surface area contributed by atoms with Crippen LogP contribution in [-0.4, -0.2) is 13.0 Å². The second-order valence-corrected chi connectivity index (χ2v) is 4.46. The van der Waals surface area contributed by atoms with E-state index in [0.717, 1.165) is 5.56 Å². The van der Waals surface area contributed by atoms with Crippen molar-refractivity contribution in [2.75, 3.05) is 7.11 Å². The normalized spacial score (nSPS) is 11.8. The van der Waals surface area contributed by atoms with Gasteiger partial charge >= 0.3 is 0 Å². The lowest BCUT2D eigenvalue weighted by molar-refractivity contribution is 0.0939. The van der Waals surface area contributed by atoms with Crippen molar-refractivity contribution in [3.05, 3.63) is 65.5 Å². The van der Waals surface area contributed by atoms with E-state index in [4.69, 9.17) is 4.74 Å². The number of carbonyl (C=O) groups is 1. The second kappa shape index (κ2) is 6.19. The molecule has 0 aliphatic rings. The van der Waals surface area contributed by atoms with Crippen molar-refractivity contribution in [3.63, 3.8) is 0 Å². The number of amides is 1. The number of carbonyl (C=O) groups excluding carboxylic acids is 1. The third kappa shape index (κ3) is 3.15. The third-order valence-electron chi connectivity index (χ3n) is 3.06. The van der Waals surface area contributed by atoms with Gasteiger partial charge in [-0.25, -0.2) is 4.39 Å². The summed E-state index contributed by atoms with van der Waals surface area (Å²) < 4.78 is 18.4. The molecule has 3 nitrogen and oxygen atoms in total. The summed E-state index contributed by atoms with van der Waals surface area (Å²) in [4.78, 5) is 12.1. The molecule has 0 spiro atoms. The molecule has 1 amide bonds. The van der Waals surface area contributed by atoms with E-state index in [-0.39, 0.29) is 23.3 Å². The first-order valence-corrected chi connectivity index (χ1v) is 6.31. The second-order valence-electron chi connectivity index (χ2n) is 4.46. The summed E-state index contributed by atoms with van der Waals surface area (Å²) in [7, 11) is 1.38. The maximum absolute atomic E-state index is 13.6. The van der Waals surface area contributed by atoms with Crippen molar-refractivity contribution >= 4 is 5.91 Å². The Morgan fingerprint density at radius 2 is 1.90 bits per heavy atom. The fourth-order valence-corrected chi connectivity index (χ4v) is 1.91. The van der Waals surface area contributed by atoms with E-state index in [1.807, 2.05) is 37.3 Å².